The van der Waals surface area contributed by atoms with Crippen LogP contribution in [0.2, 0.25) is 0 Å². The monoisotopic (exact) mass is 259 g/mol. The summed E-state index contributed by atoms with van der Waals surface area (Å²) in [6.07, 6.45) is 4.71. The van der Waals surface area contributed by atoms with Gasteiger partial charge in [-0.25, -0.2) is 4.98 Å². The minimum atomic E-state index is 0.104. The van der Waals surface area contributed by atoms with Gasteiger partial charge in [-0.2, -0.15) is 0 Å². The van der Waals surface area contributed by atoms with Crippen LogP contribution in [-0.4, -0.2) is 34.9 Å². The maximum Gasteiger partial charge on any atom is 0.272 e. The zero-order chi connectivity index (χ0) is 13.2. The number of fused-ring (bicyclic) bond motifs is 2. The summed E-state index contributed by atoms with van der Waals surface area (Å²) in [6, 6.07) is 6.12. The number of carbonyl (C=O) groups is 1. The molecule has 0 aromatic carbocycles. The van der Waals surface area contributed by atoms with Crippen molar-refractivity contribution in [1.29, 1.82) is 0 Å². The summed E-state index contributed by atoms with van der Waals surface area (Å²) < 4.78 is 0. The summed E-state index contributed by atoms with van der Waals surface area (Å²) >= 11 is 0. The molecule has 2 bridgehead atoms. The molecule has 2 fully saturated rings. The van der Waals surface area contributed by atoms with E-state index in [0.717, 1.165) is 31.2 Å². The van der Waals surface area contributed by atoms with Crippen molar-refractivity contribution in [2.75, 3.05) is 18.4 Å². The highest BCUT2D eigenvalue weighted by molar-refractivity contribution is 5.93. The van der Waals surface area contributed by atoms with Gasteiger partial charge in [0, 0.05) is 19.1 Å². The Morgan fingerprint density at radius 3 is 3.05 bits per heavy atom. The first kappa shape index (κ1) is 12.5. The molecule has 1 saturated heterocycles. The summed E-state index contributed by atoms with van der Waals surface area (Å²) in [7, 11) is 0. The second-order valence-corrected chi connectivity index (χ2v) is 5.63. The molecular weight excluding hydrogens is 238 g/mol. The molecule has 1 amide bonds. The van der Waals surface area contributed by atoms with Crippen LogP contribution in [0, 0.1) is 5.92 Å². The lowest BCUT2D eigenvalue weighted by atomic mass is 10.1. The first-order valence-electron chi connectivity index (χ1n) is 7.30. The number of anilines is 1. The maximum atomic E-state index is 12.5. The van der Waals surface area contributed by atoms with Crippen molar-refractivity contribution in [3.05, 3.63) is 23.9 Å². The predicted molar refractivity (Wildman–Crippen MR) is 75.2 cm³/mol. The fourth-order valence-electron chi connectivity index (χ4n) is 3.23. The van der Waals surface area contributed by atoms with Gasteiger partial charge < -0.3 is 10.2 Å². The Balaban J connectivity index is 1.72. The molecule has 0 spiro atoms. The Morgan fingerprint density at radius 1 is 1.47 bits per heavy atom. The van der Waals surface area contributed by atoms with Crippen LogP contribution in [0.15, 0.2) is 18.2 Å². The van der Waals surface area contributed by atoms with Gasteiger partial charge in [-0.3, -0.25) is 4.79 Å². The van der Waals surface area contributed by atoms with E-state index >= 15 is 0 Å². The Kier molecular flexibility index (Phi) is 3.40. The summed E-state index contributed by atoms with van der Waals surface area (Å²) in [4.78, 5) is 19.0. The molecule has 1 aliphatic carbocycles. The maximum absolute atomic E-state index is 12.5. The number of carbonyl (C=O) groups excluding carboxylic acids is 1. The van der Waals surface area contributed by atoms with Crippen molar-refractivity contribution in [3.8, 4) is 0 Å². The molecular formula is C15H21N3O. The third kappa shape index (κ3) is 2.44. The normalized spacial score (nSPS) is 24.8. The van der Waals surface area contributed by atoms with Crippen molar-refractivity contribution in [3.63, 3.8) is 0 Å². The van der Waals surface area contributed by atoms with Gasteiger partial charge in [0.2, 0.25) is 0 Å². The molecule has 1 N–H and O–H groups in total. The summed E-state index contributed by atoms with van der Waals surface area (Å²) in [6.45, 7) is 3.93. The molecule has 2 aliphatic rings. The fourth-order valence-corrected chi connectivity index (χ4v) is 3.23. The number of rotatable bonds is 4. The number of piperidine rings is 1. The number of aromatic nitrogens is 1. The van der Waals surface area contributed by atoms with Crippen LogP contribution in [0.3, 0.4) is 0 Å². The number of hydrogen-bond acceptors (Lipinski definition) is 3. The summed E-state index contributed by atoms with van der Waals surface area (Å²) in [5.41, 5.74) is 0.577. The topological polar surface area (TPSA) is 45.2 Å². The number of likely N-dealkylation sites (tertiary alicyclic amines) is 1. The number of pyridine rings is 1. The third-order valence-electron chi connectivity index (χ3n) is 4.19. The minimum Gasteiger partial charge on any atom is -0.370 e. The highest BCUT2D eigenvalue weighted by atomic mass is 16.2. The fraction of sp³-hybridized carbons (Fsp3) is 0.600. The van der Waals surface area contributed by atoms with Crippen LogP contribution >= 0.6 is 0 Å². The number of nitrogens with one attached hydrogen (secondary N) is 1. The third-order valence-corrected chi connectivity index (χ3v) is 4.19. The van der Waals surface area contributed by atoms with Gasteiger partial charge in [0.25, 0.3) is 5.91 Å². The van der Waals surface area contributed by atoms with Gasteiger partial charge >= 0.3 is 0 Å². The highest BCUT2D eigenvalue weighted by Crippen LogP contribution is 2.37. The van der Waals surface area contributed by atoms with Gasteiger partial charge in [0.1, 0.15) is 11.5 Å². The van der Waals surface area contributed by atoms with E-state index in [4.69, 9.17) is 0 Å². The van der Waals surface area contributed by atoms with E-state index in [2.05, 4.69) is 17.2 Å². The average Bonchev–Trinajstić information content (AvgIpc) is 3.07. The van der Waals surface area contributed by atoms with Crippen LogP contribution in [0.4, 0.5) is 5.82 Å². The lowest BCUT2D eigenvalue weighted by Gasteiger charge is -2.26. The van der Waals surface area contributed by atoms with Gasteiger partial charge in [-0.15, -0.1) is 0 Å². The molecule has 2 atom stereocenters. The lowest BCUT2D eigenvalue weighted by molar-refractivity contribution is 0.0698. The minimum absolute atomic E-state index is 0.104. The SMILES string of the molecule is CCCNc1cccc(C(=O)N2CC3CCC2C3)n1. The zero-order valence-electron chi connectivity index (χ0n) is 11.4. The van der Waals surface area contributed by atoms with Gasteiger partial charge in [0.05, 0.1) is 0 Å². The first-order chi connectivity index (χ1) is 9.28. The summed E-state index contributed by atoms with van der Waals surface area (Å²) in [5, 5.41) is 3.23. The lowest BCUT2D eigenvalue weighted by Crippen LogP contribution is -2.38. The average molecular weight is 259 g/mol. The number of nitrogens with zero attached hydrogens (tertiary/aromatic N) is 2. The van der Waals surface area contributed by atoms with Gasteiger partial charge in [-0.05, 0) is 43.7 Å². The molecule has 2 heterocycles. The zero-order valence-corrected chi connectivity index (χ0v) is 11.4. The standard InChI is InChI=1S/C15H21N3O/c1-2-8-16-14-5-3-4-13(17-14)15(19)18-10-11-6-7-12(18)9-11/h3-5,11-12H,2,6-10H2,1H3,(H,16,17). The van der Waals surface area contributed by atoms with E-state index in [0.29, 0.717) is 11.7 Å². The first-order valence-corrected chi connectivity index (χ1v) is 7.30. The smallest absolute Gasteiger partial charge is 0.272 e. The van der Waals surface area contributed by atoms with Crippen molar-refractivity contribution >= 4 is 11.7 Å². The Morgan fingerprint density at radius 2 is 2.37 bits per heavy atom. The molecule has 2 unspecified atom stereocenters. The summed E-state index contributed by atoms with van der Waals surface area (Å²) in [5.74, 6) is 1.64. The molecule has 1 aliphatic heterocycles. The van der Waals surface area contributed by atoms with E-state index in [9.17, 15) is 4.79 Å². The Labute approximate surface area is 114 Å². The second-order valence-electron chi connectivity index (χ2n) is 5.63. The van der Waals surface area contributed by atoms with Crippen molar-refractivity contribution in [2.45, 2.75) is 38.6 Å². The largest absolute Gasteiger partial charge is 0.370 e. The number of hydrogen-bond donors (Lipinski definition) is 1. The molecule has 4 nitrogen and oxygen atoms in total. The van der Waals surface area contributed by atoms with E-state index in [1.165, 1.54) is 19.3 Å². The molecule has 19 heavy (non-hydrogen) atoms. The Hall–Kier alpha value is -1.58. The van der Waals surface area contributed by atoms with Crippen LogP contribution in [0.25, 0.3) is 0 Å². The van der Waals surface area contributed by atoms with Crippen molar-refractivity contribution < 1.29 is 4.79 Å². The predicted octanol–water partition coefficient (Wildman–Crippen LogP) is 2.53. The van der Waals surface area contributed by atoms with E-state index in [1.807, 2.05) is 23.1 Å². The molecule has 1 aromatic heterocycles. The molecule has 1 aromatic rings. The Bertz CT molecular complexity index is 474. The van der Waals surface area contributed by atoms with Crippen molar-refractivity contribution in [1.82, 2.24) is 9.88 Å². The quantitative estimate of drug-likeness (QED) is 0.903. The van der Waals surface area contributed by atoms with Crippen LogP contribution in [0.1, 0.15) is 43.1 Å². The van der Waals surface area contributed by atoms with Crippen molar-refractivity contribution in [2.24, 2.45) is 5.92 Å². The van der Waals surface area contributed by atoms with Crippen LogP contribution in [-0.2, 0) is 0 Å². The van der Waals surface area contributed by atoms with E-state index in [-0.39, 0.29) is 5.91 Å². The molecule has 102 valence electrons. The molecule has 0 radical (unpaired) electrons. The van der Waals surface area contributed by atoms with Gasteiger partial charge in [-0.1, -0.05) is 13.0 Å². The number of amides is 1. The van der Waals surface area contributed by atoms with Gasteiger partial charge in [0.15, 0.2) is 0 Å². The van der Waals surface area contributed by atoms with E-state index < -0.39 is 0 Å². The molecule has 3 rings (SSSR count). The van der Waals surface area contributed by atoms with Crippen LogP contribution in [0.5, 0.6) is 0 Å². The molecule has 4 heteroatoms. The molecule has 1 saturated carbocycles. The second kappa shape index (κ2) is 5.19. The van der Waals surface area contributed by atoms with E-state index in [1.54, 1.807) is 0 Å². The highest BCUT2D eigenvalue weighted by Gasteiger charge is 2.40. The van der Waals surface area contributed by atoms with Crippen LogP contribution < -0.4 is 5.32 Å².